The fourth-order valence-electron chi connectivity index (χ4n) is 3.74. The van der Waals surface area contributed by atoms with E-state index in [1.165, 1.54) is 21.3 Å². The Balaban J connectivity index is 1.44. The maximum Gasteiger partial charge on any atom is 0.254 e. The highest BCUT2D eigenvalue weighted by atomic mass is 16.5. The summed E-state index contributed by atoms with van der Waals surface area (Å²) in [6.07, 6.45) is 4.87. The second kappa shape index (κ2) is 9.03. The molecule has 0 atom stereocenters. The van der Waals surface area contributed by atoms with Crippen LogP contribution in [0.4, 0.5) is 0 Å². The lowest BCUT2D eigenvalue weighted by Crippen LogP contribution is -2.38. The lowest BCUT2D eigenvalue weighted by molar-refractivity contribution is 0.0703. The smallest absolute Gasteiger partial charge is 0.254 e. The first-order chi connectivity index (χ1) is 15.1. The Morgan fingerprint density at radius 3 is 2.26 bits per heavy atom. The van der Waals surface area contributed by atoms with E-state index in [4.69, 9.17) is 18.7 Å². The molecule has 0 aliphatic carbocycles. The summed E-state index contributed by atoms with van der Waals surface area (Å²) in [7, 11) is 4.59. The summed E-state index contributed by atoms with van der Waals surface area (Å²) in [5.74, 6) is 2.55. The van der Waals surface area contributed by atoms with Gasteiger partial charge in [0.1, 0.15) is 0 Å². The Morgan fingerprint density at radius 1 is 1.03 bits per heavy atom. The van der Waals surface area contributed by atoms with Gasteiger partial charge in [-0.2, -0.15) is 4.98 Å². The van der Waals surface area contributed by atoms with Gasteiger partial charge in [0.05, 0.1) is 21.3 Å². The fourth-order valence-corrected chi connectivity index (χ4v) is 3.74. The monoisotopic (exact) mass is 424 g/mol. The predicted octanol–water partition coefficient (Wildman–Crippen LogP) is 3.18. The van der Waals surface area contributed by atoms with Crippen LogP contribution < -0.4 is 14.2 Å². The van der Waals surface area contributed by atoms with Gasteiger partial charge in [0.25, 0.3) is 5.91 Å². The number of aromatic nitrogens is 3. The Hall–Kier alpha value is -3.62. The molecule has 1 aliphatic rings. The van der Waals surface area contributed by atoms with Crippen LogP contribution in [0.3, 0.4) is 0 Å². The minimum atomic E-state index is -0.0827. The van der Waals surface area contributed by atoms with Crippen LogP contribution in [0.1, 0.15) is 35.0 Å². The van der Waals surface area contributed by atoms with Crippen molar-refractivity contribution in [2.24, 2.45) is 0 Å². The van der Waals surface area contributed by atoms with Crippen molar-refractivity contribution in [1.82, 2.24) is 20.0 Å². The van der Waals surface area contributed by atoms with Crippen LogP contribution in [-0.2, 0) is 0 Å². The van der Waals surface area contributed by atoms with E-state index in [0.29, 0.717) is 47.6 Å². The van der Waals surface area contributed by atoms with Crippen LogP contribution in [0.5, 0.6) is 17.2 Å². The Kier molecular flexibility index (Phi) is 6.01. The Morgan fingerprint density at radius 2 is 1.68 bits per heavy atom. The average molecular weight is 424 g/mol. The minimum absolute atomic E-state index is 0.0827. The van der Waals surface area contributed by atoms with E-state index in [9.17, 15) is 4.79 Å². The molecule has 0 N–H and O–H groups in total. The van der Waals surface area contributed by atoms with E-state index in [0.717, 1.165) is 18.4 Å². The molecule has 3 heterocycles. The number of carbonyl (C=O) groups is 1. The molecule has 31 heavy (non-hydrogen) atoms. The first-order valence-corrected chi connectivity index (χ1v) is 9.98. The van der Waals surface area contributed by atoms with Crippen LogP contribution in [0, 0.1) is 0 Å². The molecule has 1 fully saturated rings. The quantitative estimate of drug-likeness (QED) is 0.595. The van der Waals surface area contributed by atoms with E-state index in [-0.39, 0.29) is 11.8 Å². The molecule has 0 saturated carbocycles. The third-order valence-corrected chi connectivity index (χ3v) is 5.42. The van der Waals surface area contributed by atoms with Crippen LogP contribution >= 0.6 is 0 Å². The minimum Gasteiger partial charge on any atom is -0.493 e. The van der Waals surface area contributed by atoms with Gasteiger partial charge < -0.3 is 23.6 Å². The molecule has 1 aromatic carbocycles. The number of ether oxygens (including phenoxy) is 3. The second-order valence-electron chi connectivity index (χ2n) is 7.17. The molecule has 2 aromatic heterocycles. The molecular weight excluding hydrogens is 400 g/mol. The number of likely N-dealkylation sites (tertiary alicyclic amines) is 1. The molecule has 4 rings (SSSR count). The lowest BCUT2D eigenvalue weighted by atomic mass is 9.96. The summed E-state index contributed by atoms with van der Waals surface area (Å²) in [5, 5.41) is 4.08. The molecule has 1 saturated heterocycles. The van der Waals surface area contributed by atoms with E-state index in [1.807, 2.05) is 17.0 Å². The average Bonchev–Trinajstić information content (AvgIpc) is 3.33. The highest BCUT2D eigenvalue weighted by Gasteiger charge is 2.29. The molecule has 3 aromatic rings. The van der Waals surface area contributed by atoms with Gasteiger partial charge in [0.15, 0.2) is 11.5 Å². The topological polar surface area (TPSA) is 99.8 Å². The van der Waals surface area contributed by atoms with Gasteiger partial charge in [0.2, 0.25) is 17.5 Å². The number of benzene rings is 1. The van der Waals surface area contributed by atoms with Crippen LogP contribution in [0.2, 0.25) is 0 Å². The van der Waals surface area contributed by atoms with Gasteiger partial charge in [-0.15, -0.1) is 0 Å². The standard InChI is InChI=1S/C22H24N4O5/c1-28-17-12-16(13-18(29-2)19(17)30-3)22(27)26-10-6-15(7-11-26)21-24-20(25-31-21)14-4-8-23-9-5-14/h4-5,8-9,12-13,15H,6-7,10-11H2,1-3H3. The predicted molar refractivity (Wildman–Crippen MR) is 112 cm³/mol. The van der Waals surface area contributed by atoms with Crippen LogP contribution in [0.25, 0.3) is 11.4 Å². The first-order valence-electron chi connectivity index (χ1n) is 9.98. The summed E-state index contributed by atoms with van der Waals surface area (Å²) in [5.41, 5.74) is 1.35. The molecule has 1 amide bonds. The summed E-state index contributed by atoms with van der Waals surface area (Å²) in [4.78, 5) is 23.4. The molecule has 0 radical (unpaired) electrons. The number of nitrogens with zero attached hydrogens (tertiary/aromatic N) is 4. The number of carbonyl (C=O) groups excluding carboxylic acids is 1. The normalized spacial score (nSPS) is 14.4. The third kappa shape index (κ3) is 4.16. The number of piperidine rings is 1. The van der Waals surface area contributed by atoms with Crippen molar-refractivity contribution >= 4 is 5.91 Å². The zero-order valence-electron chi connectivity index (χ0n) is 17.7. The lowest BCUT2D eigenvalue weighted by Gasteiger charge is -2.30. The van der Waals surface area contributed by atoms with Gasteiger partial charge >= 0.3 is 0 Å². The van der Waals surface area contributed by atoms with E-state index < -0.39 is 0 Å². The highest BCUT2D eigenvalue weighted by Crippen LogP contribution is 2.39. The van der Waals surface area contributed by atoms with Crippen LogP contribution in [0.15, 0.2) is 41.2 Å². The molecule has 0 spiro atoms. The summed E-state index contributed by atoms with van der Waals surface area (Å²) in [6, 6.07) is 7.03. The molecule has 0 bridgehead atoms. The summed E-state index contributed by atoms with van der Waals surface area (Å²) < 4.78 is 21.6. The molecule has 9 heteroatoms. The van der Waals surface area contributed by atoms with Crippen molar-refractivity contribution in [3.05, 3.63) is 48.1 Å². The number of methoxy groups -OCH3 is 3. The zero-order chi connectivity index (χ0) is 21.8. The van der Waals surface area contributed by atoms with E-state index in [2.05, 4.69) is 15.1 Å². The van der Waals surface area contributed by atoms with Crippen molar-refractivity contribution in [2.45, 2.75) is 18.8 Å². The van der Waals surface area contributed by atoms with E-state index >= 15 is 0 Å². The number of hydrogen-bond acceptors (Lipinski definition) is 8. The molecule has 1 aliphatic heterocycles. The fraction of sp³-hybridized carbons (Fsp3) is 0.364. The molecule has 9 nitrogen and oxygen atoms in total. The molecular formula is C22H24N4O5. The largest absolute Gasteiger partial charge is 0.493 e. The van der Waals surface area contributed by atoms with Gasteiger partial charge in [-0.1, -0.05) is 5.16 Å². The highest BCUT2D eigenvalue weighted by molar-refractivity contribution is 5.95. The van der Waals surface area contributed by atoms with E-state index in [1.54, 1.807) is 24.5 Å². The third-order valence-electron chi connectivity index (χ3n) is 5.42. The van der Waals surface area contributed by atoms with Crippen molar-refractivity contribution in [1.29, 1.82) is 0 Å². The summed E-state index contributed by atoms with van der Waals surface area (Å²) >= 11 is 0. The van der Waals surface area contributed by atoms with Crippen molar-refractivity contribution in [3.63, 3.8) is 0 Å². The Labute approximate surface area is 179 Å². The SMILES string of the molecule is COc1cc(C(=O)N2CCC(c3nc(-c4ccncc4)no3)CC2)cc(OC)c1OC. The van der Waals surface area contributed by atoms with Crippen molar-refractivity contribution in [3.8, 4) is 28.6 Å². The molecule has 162 valence electrons. The second-order valence-corrected chi connectivity index (χ2v) is 7.17. The first kappa shape index (κ1) is 20.6. The maximum absolute atomic E-state index is 13.1. The number of rotatable bonds is 6. The van der Waals surface area contributed by atoms with Gasteiger partial charge in [-0.25, -0.2) is 0 Å². The van der Waals surface area contributed by atoms with Crippen LogP contribution in [-0.4, -0.2) is 60.4 Å². The van der Waals surface area contributed by atoms with Gasteiger partial charge in [-0.05, 0) is 37.1 Å². The summed E-state index contributed by atoms with van der Waals surface area (Å²) in [6.45, 7) is 1.18. The van der Waals surface area contributed by atoms with Gasteiger partial charge in [0, 0.05) is 42.5 Å². The van der Waals surface area contributed by atoms with Crippen molar-refractivity contribution in [2.75, 3.05) is 34.4 Å². The maximum atomic E-state index is 13.1. The number of pyridine rings is 1. The Bertz CT molecular complexity index is 1020. The molecule has 0 unspecified atom stereocenters. The number of hydrogen-bond donors (Lipinski definition) is 0. The zero-order valence-corrected chi connectivity index (χ0v) is 17.7. The van der Waals surface area contributed by atoms with Crippen molar-refractivity contribution < 1.29 is 23.5 Å². The van der Waals surface area contributed by atoms with Gasteiger partial charge in [-0.3, -0.25) is 9.78 Å². The number of amides is 1.